The minimum absolute atomic E-state index is 0.0514. The molecule has 2 atom stereocenters. The molecule has 0 rings (SSSR count). The molecule has 0 radical (unpaired) electrons. The fourth-order valence-corrected chi connectivity index (χ4v) is 5.51. The van der Waals surface area contributed by atoms with E-state index in [4.69, 9.17) is 14.2 Å². The highest BCUT2D eigenvalue weighted by atomic mass is 16.6. The third-order valence-electron chi connectivity index (χ3n) is 8.59. The van der Waals surface area contributed by atoms with Crippen LogP contribution >= 0.6 is 0 Å². The number of hydrogen-bond acceptors (Lipinski definition) is 6. The standard InChI is InChI=1S/C42H73NO7/c1-6-8-10-12-14-16-18-19-20-21-23-25-27-29-31-33-41(45)50-38(36-48-35-34-39(42(46)47)43(3,4)5)37-49-40(44)32-30-28-26-24-22-17-15-13-11-9-7-2/h8,10,12,14,16,18-20,38-39H,6-7,9,11,13,15,17,21-37H2,1-5H3/p+1/b10-8+,14-12+,18-16+,20-19+. The molecule has 0 aliphatic carbocycles. The summed E-state index contributed by atoms with van der Waals surface area (Å²) in [5.74, 6) is -1.50. The van der Waals surface area contributed by atoms with E-state index in [1.54, 1.807) is 0 Å². The summed E-state index contributed by atoms with van der Waals surface area (Å²) in [7, 11) is 5.50. The predicted octanol–water partition coefficient (Wildman–Crippen LogP) is 10.1. The lowest BCUT2D eigenvalue weighted by atomic mass is 10.1. The van der Waals surface area contributed by atoms with Gasteiger partial charge in [-0.05, 0) is 32.1 Å². The van der Waals surface area contributed by atoms with Crippen LogP contribution in [0.1, 0.15) is 149 Å². The number of hydrogen-bond donors (Lipinski definition) is 1. The molecule has 0 aromatic carbocycles. The molecule has 0 aromatic rings. The monoisotopic (exact) mass is 705 g/mol. The van der Waals surface area contributed by atoms with Crippen molar-refractivity contribution in [3.8, 4) is 0 Å². The summed E-state index contributed by atoms with van der Waals surface area (Å²) in [6.45, 7) is 4.55. The fourth-order valence-electron chi connectivity index (χ4n) is 5.51. The Morgan fingerprint density at radius 3 is 1.66 bits per heavy atom. The van der Waals surface area contributed by atoms with Gasteiger partial charge in [0, 0.05) is 19.3 Å². The zero-order chi connectivity index (χ0) is 37.1. The van der Waals surface area contributed by atoms with Crippen LogP contribution < -0.4 is 0 Å². The lowest BCUT2D eigenvalue weighted by molar-refractivity contribution is -0.887. The number of carboxylic acid groups (broad SMARTS) is 1. The first-order valence-electron chi connectivity index (χ1n) is 19.7. The number of carbonyl (C=O) groups excluding carboxylic acids is 2. The van der Waals surface area contributed by atoms with Gasteiger partial charge in [0.25, 0.3) is 0 Å². The molecule has 0 heterocycles. The average Bonchev–Trinajstić information content (AvgIpc) is 3.06. The summed E-state index contributed by atoms with van der Waals surface area (Å²) in [4.78, 5) is 36.8. The van der Waals surface area contributed by atoms with Gasteiger partial charge in [0.2, 0.25) is 0 Å². The molecule has 0 aromatic heterocycles. The van der Waals surface area contributed by atoms with E-state index in [0.29, 0.717) is 19.3 Å². The van der Waals surface area contributed by atoms with Gasteiger partial charge in [-0.2, -0.15) is 0 Å². The second-order valence-electron chi connectivity index (χ2n) is 14.3. The van der Waals surface area contributed by atoms with Gasteiger partial charge in [-0.25, -0.2) is 4.79 Å². The van der Waals surface area contributed by atoms with Crippen LogP contribution in [0.3, 0.4) is 0 Å². The van der Waals surface area contributed by atoms with Gasteiger partial charge in [-0.15, -0.1) is 0 Å². The maximum atomic E-state index is 12.7. The van der Waals surface area contributed by atoms with Gasteiger partial charge in [-0.1, -0.05) is 146 Å². The van der Waals surface area contributed by atoms with E-state index in [9.17, 15) is 19.5 Å². The minimum atomic E-state index is -0.881. The van der Waals surface area contributed by atoms with E-state index in [-0.39, 0.29) is 36.2 Å². The number of likely N-dealkylation sites (N-methyl/N-ethyl adjacent to an activating group) is 1. The molecule has 0 saturated heterocycles. The molecule has 0 saturated carbocycles. The third kappa shape index (κ3) is 31.3. The first kappa shape index (κ1) is 47.3. The highest BCUT2D eigenvalue weighted by molar-refractivity contribution is 5.72. The number of allylic oxidation sites excluding steroid dienone is 8. The Morgan fingerprint density at radius 2 is 1.12 bits per heavy atom. The van der Waals surface area contributed by atoms with E-state index in [1.165, 1.54) is 51.4 Å². The maximum Gasteiger partial charge on any atom is 0.362 e. The van der Waals surface area contributed by atoms with Crippen LogP contribution in [-0.4, -0.2) is 80.6 Å². The van der Waals surface area contributed by atoms with Gasteiger partial charge >= 0.3 is 17.9 Å². The highest BCUT2D eigenvalue weighted by Gasteiger charge is 2.31. The van der Waals surface area contributed by atoms with Crippen molar-refractivity contribution in [3.05, 3.63) is 48.6 Å². The van der Waals surface area contributed by atoms with E-state index in [2.05, 4.69) is 32.1 Å². The highest BCUT2D eigenvalue weighted by Crippen LogP contribution is 2.14. The van der Waals surface area contributed by atoms with E-state index < -0.39 is 18.1 Å². The zero-order valence-electron chi connectivity index (χ0n) is 32.6. The molecule has 8 heteroatoms. The quantitative estimate of drug-likeness (QED) is 0.0308. The smallest absolute Gasteiger partial charge is 0.362 e. The van der Waals surface area contributed by atoms with Crippen molar-refractivity contribution in [3.63, 3.8) is 0 Å². The van der Waals surface area contributed by atoms with Crippen LogP contribution in [-0.2, 0) is 28.6 Å². The molecule has 0 fully saturated rings. The predicted molar refractivity (Wildman–Crippen MR) is 206 cm³/mol. The molecule has 2 unspecified atom stereocenters. The van der Waals surface area contributed by atoms with Crippen molar-refractivity contribution in [1.82, 2.24) is 0 Å². The van der Waals surface area contributed by atoms with Gasteiger partial charge < -0.3 is 23.8 Å². The van der Waals surface area contributed by atoms with Crippen LogP contribution in [0.25, 0.3) is 0 Å². The normalized spacial score (nSPS) is 13.5. The number of carboxylic acids is 1. The summed E-state index contributed by atoms with van der Waals surface area (Å²) >= 11 is 0. The summed E-state index contributed by atoms with van der Waals surface area (Å²) < 4.78 is 17.2. The summed E-state index contributed by atoms with van der Waals surface area (Å²) in [6, 6.07) is -0.618. The van der Waals surface area contributed by atoms with Crippen molar-refractivity contribution in [2.45, 2.75) is 161 Å². The molecular weight excluding hydrogens is 630 g/mol. The summed E-state index contributed by atoms with van der Waals surface area (Å²) in [6.07, 6.45) is 37.2. The molecule has 0 spiro atoms. The molecule has 8 nitrogen and oxygen atoms in total. The number of carbonyl (C=O) groups is 3. The SMILES string of the molecule is CC/C=C/C=C/C=C/C=C/CCCCCCCC(=O)OC(COCCC(C(=O)O)[N+](C)(C)C)COC(=O)CCCCCCCCCCCCC. The van der Waals surface area contributed by atoms with Crippen molar-refractivity contribution in [2.75, 3.05) is 41.0 Å². The van der Waals surface area contributed by atoms with Gasteiger partial charge in [-0.3, -0.25) is 9.59 Å². The fraction of sp³-hybridized carbons (Fsp3) is 0.738. The first-order chi connectivity index (χ1) is 24.1. The molecule has 288 valence electrons. The number of rotatable bonds is 34. The Kier molecular flexibility index (Phi) is 31.6. The number of esters is 2. The Bertz CT molecular complexity index is 964. The van der Waals surface area contributed by atoms with Crippen molar-refractivity contribution in [2.24, 2.45) is 0 Å². The number of ether oxygens (including phenoxy) is 3. The number of unbranched alkanes of at least 4 members (excludes halogenated alkanes) is 15. The van der Waals surface area contributed by atoms with Crippen LogP contribution in [0, 0.1) is 0 Å². The van der Waals surface area contributed by atoms with Crippen molar-refractivity contribution in [1.29, 1.82) is 0 Å². The topological polar surface area (TPSA) is 99.1 Å². The second kappa shape index (κ2) is 33.4. The lowest BCUT2D eigenvalue weighted by Gasteiger charge is -2.31. The van der Waals surface area contributed by atoms with Crippen LogP contribution in [0.4, 0.5) is 0 Å². The minimum Gasteiger partial charge on any atom is -0.477 e. The number of quaternary nitrogens is 1. The van der Waals surface area contributed by atoms with Crippen LogP contribution in [0.5, 0.6) is 0 Å². The summed E-state index contributed by atoms with van der Waals surface area (Å²) in [5.41, 5.74) is 0. The number of nitrogens with zero attached hydrogens (tertiary/aromatic N) is 1. The molecular formula is C42H74NO7+. The second-order valence-corrected chi connectivity index (χ2v) is 14.3. The third-order valence-corrected chi connectivity index (χ3v) is 8.59. The number of aliphatic carboxylic acids is 1. The zero-order valence-corrected chi connectivity index (χ0v) is 32.6. The molecule has 0 aliphatic rings. The molecule has 0 amide bonds. The van der Waals surface area contributed by atoms with Crippen molar-refractivity contribution >= 4 is 17.9 Å². The average molecular weight is 705 g/mol. The Hall–Kier alpha value is -2.71. The van der Waals surface area contributed by atoms with Gasteiger partial charge in [0.1, 0.15) is 6.61 Å². The molecule has 1 N–H and O–H groups in total. The Labute approximate surface area is 306 Å². The van der Waals surface area contributed by atoms with E-state index in [0.717, 1.165) is 64.2 Å². The largest absolute Gasteiger partial charge is 0.477 e. The van der Waals surface area contributed by atoms with E-state index >= 15 is 0 Å². The van der Waals surface area contributed by atoms with E-state index in [1.807, 2.05) is 51.5 Å². The first-order valence-corrected chi connectivity index (χ1v) is 19.7. The summed E-state index contributed by atoms with van der Waals surface area (Å²) in [5, 5.41) is 9.58. The molecule has 0 bridgehead atoms. The van der Waals surface area contributed by atoms with Crippen LogP contribution in [0.15, 0.2) is 48.6 Å². The van der Waals surface area contributed by atoms with Crippen LogP contribution in [0.2, 0.25) is 0 Å². The lowest BCUT2D eigenvalue weighted by Crippen LogP contribution is -2.50. The van der Waals surface area contributed by atoms with Crippen molar-refractivity contribution < 1.29 is 38.2 Å². The Morgan fingerprint density at radius 1 is 0.620 bits per heavy atom. The van der Waals surface area contributed by atoms with Gasteiger partial charge in [0.05, 0.1) is 34.4 Å². The maximum absolute atomic E-state index is 12.7. The molecule has 50 heavy (non-hydrogen) atoms. The molecule has 0 aliphatic heterocycles. The van der Waals surface area contributed by atoms with Gasteiger partial charge in [0.15, 0.2) is 12.1 Å². The Balaban J connectivity index is 4.46.